The van der Waals surface area contributed by atoms with Gasteiger partial charge in [-0.15, -0.1) is 11.6 Å². The van der Waals surface area contributed by atoms with E-state index in [1.165, 1.54) is 0 Å². The van der Waals surface area contributed by atoms with Crippen LogP contribution in [-0.2, 0) is 16.1 Å². The monoisotopic (exact) mass is 240 g/mol. The van der Waals surface area contributed by atoms with Gasteiger partial charge in [-0.25, -0.2) is 0 Å². The van der Waals surface area contributed by atoms with E-state index in [2.05, 4.69) is 0 Å². The van der Waals surface area contributed by atoms with Crippen molar-refractivity contribution in [3.05, 3.63) is 35.9 Å². The summed E-state index contributed by atoms with van der Waals surface area (Å²) in [4.78, 5) is 11.2. The Labute approximate surface area is 102 Å². The van der Waals surface area contributed by atoms with Crippen LogP contribution in [0.1, 0.15) is 18.9 Å². The summed E-state index contributed by atoms with van der Waals surface area (Å²) >= 11 is 5.47. The predicted molar refractivity (Wildman–Crippen MR) is 65.6 cm³/mol. The second-order valence-electron chi connectivity index (χ2n) is 3.83. The molecule has 0 aliphatic heterocycles. The van der Waals surface area contributed by atoms with E-state index >= 15 is 0 Å². The lowest BCUT2D eigenvalue weighted by atomic mass is 10.0. The molecule has 3 heteroatoms. The molecule has 1 rings (SSSR count). The van der Waals surface area contributed by atoms with Crippen LogP contribution < -0.4 is 0 Å². The molecule has 0 spiro atoms. The average Bonchev–Trinajstić information content (AvgIpc) is 2.34. The smallest absolute Gasteiger partial charge is 0.150 e. The lowest BCUT2D eigenvalue weighted by Gasteiger charge is -2.09. The van der Waals surface area contributed by atoms with Gasteiger partial charge in [0.05, 0.1) is 12.5 Å². The van der Waals surface area contributed by atoms with E-state index in [1.807, 2.05) is 37.3 Å². The maximum absolute atomic E-state index is 11.2. The van der Waals surface area contributed by atoms with Gasteiger partial charge in [-0.05, 0) is 12.0 Å². The first-order chi connectivity index (χ1) is 7.74. The van der Waals surface area contributed by atoms with Crippen molar-refractivity contribution >= 4 is 17.4 Å². The predicted octanol–water partition coefficient (Wildman–Crippen LogP) is 3.04. The summed E-state index contributed by atoms with van der Waals surface area (Å²) in [5.41, 5.74) is 1.15. The Morgan fingerprint density at radius 1 is 1.38 bits per heavy atom. The quantitative estimate of drug-likeness (QED) is 0.541. The van der Waals surface area contributed by atoms with E-state index in [0.29, 0.717) is 13.2 Å². The molecular weight excluding hydrogens is 224 g/mol. The minimum atomic E-state index is -0.00623. The molecule has 1 atom stereocenters. The van der Waals surface area contributed by atoms with Gasteiger partial charge in [0, 0.05) is 12.5 Å². The minimum Gasteiger partial charge on any atom is -0.377 e. The highest BCUT2D eigenvalue weighted by atomic mass is 35.5. The lowest BCUT2D eigenvalue weighted by molar-refractivity contribution is -0.120. The second-order valence-corrected chi connectivity index (χ2v) is 4.10. The number of halogens is 1. The summed E-state index contributed by atoms with van der Waals surface area (Å²) in [5, 5.41) is 0. The van der Waals surface area contributed by atoms with Crippen LogP contribution in [0.2, 0.25) is 0 Å². The van der Waals surface area contributed by atoms with Gasteiger partial charge in [0.25, 0.3) is 0 Å². The number of ketones is 1. The topological polar surface area (TPSA) is 26.3 Å². The van der Waals surface area contributed by atoms with Gasteiger partial charge in [-0.3, -0.25) is 4.79 Å². The highest BCUT2D eigenvalue weighted by molar-refractivity contribution is 6.27. The molecule has 16 heavy (non-hydrogen) atoms. The van der Waals surface area contributed by atoms with Crippen molar-refractivity contribution in [2.45, 2.75) is 20.0 Å². The molecule has 0 aliphatic rings. The van der Waals surface area contributed by atoms with Crippen LogP contribution in [0.3, 0.4) is 0 Å². The maximum Gasteiger partial charge on any atom is 0.150 e. The zero-order valence-electron chi connectivity index (χ0n) is 9.49. The zero-order chi connectivity index (χ0) is 11.8. The molecule has 0 fully saturated rings. The Morgan fingerprint density at radius 2 is 2.06 bits per heavy atom. The number of alkyl halides is 1. The largest absolute Gasteiger partial charge is 0.377 e. The van der Waals surface area contributed by atoms with Crippen molar-refractivity contribution < 1.29 is 9.53 Å². The molecule has 0 aromatic heterocycles. The van der Waals surface area contributed by atoms with Crippen molar-refractivity contribution in [1.29, 1.82) is 0 Å². The Bertz CT molecular complexity index is 311. The van der Waals surface area contributed by atoms with E-state index in [9.17, 15) is 4.79 Å². The highest BCUT2D eigenvalue weighted by Crippen LogP contribution is 2.06. The van der Waals surface area contributed by atoms with Gasteiger partial charge in [0.2, 0.25) is 0 Å². The first-order valence-corrected chi connectivity index (χ1v) is 5.98. The van der Waals surface area contributed by atoms with Gasteiger partial charge in [0.1, 0.15) is 5.78 Å². The first-order valence-electron chi connectivity index (χ1n) is 5.44. The van der Waals surface area contributed by atoms with Crippen LogP contribution >= 0.6 is 11.6 Å². The Morgan fingerprint density at radius 3 is 2.69 bits per heavy atom. The molecule has 0 radical (unpaired) electrons. The van der Waals surface area contributed by atoms with Crippen LogP contribution in [0.5, 0.6) is 0 Å². The summed E-state index contributed by atoms with van der Waals surface area (Å²) in [6, 6.07) is 9.99. The summed E-state index contributed by atoms with van der Waals surface area (Å²) in [6.45, 7) is 3.08. The third kappa shape index (κ3) is 4.77. The SMILES string of the molecule is C[C@@H](CCOCc1ccccc1)C(=O)CCl. The van der Waals surface area contributed by atoms with Crippen LogP contribution in [0.25, 0.3) is 0 Å². The van der Waals surface area contributed by atoms with Crippen molar-refractivity contribution in [2.24, 2.45) is 5.92 Å². The highest BCUT2D eigenvalue weighted by Gasteiger charge is 2.10. The Hall–Kier alpha value is -0.860. The summed E-state index contributed by atoms with van der Waals surface area (Å²) < 4.78 is 5.49. The number of hydrogen-bond acceptors (Lipinski definition) is 2. The number of ether oxygens (including phenoxy) is 1. The number of Topliss-reactive ketones (excluding diaryl/α,β-unsaturated/α-hetero) is 1. The summed E-state index contributed by atoms with van der Waals surface area (Å²) in [6.07, 6.45) is 0.735. The molecule has 2 nitrogen and oxygen atoms in total. The molecule has 0 bridgehead atoms. The lowest BCUT2D eigenvalue weighted by Crippen LogP contribution is -2.14. The fraction of sp³-hybridized carbons (Fsp3) is 0.462. The van der Waals surface area contributed by atoms with Crippen molar-refractivity contribution in [2.75, 3.05) is 12.5 Å². The number of benzene rings is 1. The molecule has 0 N–H and O–H groups in total. The number of carbonyl (C=O) groups is 1. The number of carbonyl (C=O) groups excluding carboxylic acids is 1. The molecule has 1 aromatic rings. The third-order valence-electron chi connectivity index (χ3n) is 2.49. The second kappa shape index (κ2) is 7.42. The fourth-order valence-electron chi connectivity index (χ4n) is 1.32. The van der Waals surface area contributed by atoms with Gasteiger partial charge in [-0.1, -0.05) is 37.3 Å². The van der Waals surface area contributed by atoms with Crippen LogP contribution in [0, 0.1) is 5.92 Å². The first kappa shape index (κ1) is 13.2. The summed E-state index contributed by atoms with van der Waals surface area (Å²) in [5.74, 6) is 0.179. The normalized spacial score (nSPS) is 12.4. The number of rotatable bonds is 7. The van der Waals surface area contributed by atoms with E-state index in [1.54, 1.807) is 0 Å². The Balaban J connectivity index is 2.15. The molecule has 0 amide bonds. The molecule has 88 valence electrons. The van der Waals surface area contributed by atoms with E-state index < -0.39 is 0 Å². The van der Waals surface area contributed by atoms with Crippen LogP contribution in [-0.4, -0.2) is 18.3 Å². The molecule has 1 aromatic carbocycles. The molecular formula is C13H17ClO2. The molecule has 0 saturated carbocycles. The van der Waals surface area contributed by atoms with Crippen molar-refractivity contribution in [1.82, 2.24) is 0 Å². The van der Waals surface area contributed by atoms with Gasteiger partial charge >= 0.3 is 0 Å². The fourth-order valence-corrected chi connectivity index (χ4v) is 1.58. The van der Waals surface area contributed by atoms with Crippen LogP contribution in [0.15, 0.2) is 30.3 Å². The standard InChI is InChI=1S/C13H17ClO2/c1-11(13(15)9-14)7-8-16-10-12-5-3-2-4-6-12/h2-6,11H,7-10H2,1H3/t11-/m0/s1. The van der Waals surface area contributed by atoms with Crippen LogP contribution in [0.4, 0.5) is 0 Å². The minimum absolute atomic E-state index is 0.00623. The van der Waals surface area contributed by atoms with Gasteiger partial charge < -0.3 is 4.74 Å². The average molecular weight is 241 g/mol. The van der Waals surface area contributed by atoms with Crippen molar-refractivity contribution in [3.8, 4) is 0 Å². The maximum atomic E-state index is 11.2. The van der Waals surface area contributed by atoms with Gasteiger partial charge in [-0.2, -0.15) is 0 Å². The Kier molecular flexibility index (Phi) is 6.12. The third-order valence-corrected chi connectivity index (χ3v) is 2.75. The van der Waals surface area contributed by atoms with E-state index in [4.69, 9.17) is 16.3 Å². The summed E-state index contributed by atoms with van der Waals surface area (Å²) in [7, 11) is 0. The molecule has 0 saturated heterocycles. The molecule has 0 unspecified atom stereocenters. The van der Waals surface area contributed by atoms with E-state index in [0.717, 1.165) is 12.0 Å². The van der Waals surface area contributed by atoms with Gasteiger partial charge in [0.15, 0.2) is 0 Å². The van der Waals surface area contributed by atoms with E-state index in [-0.39, 0.29) is 17.6 Å². The van der Waals surface area contributed by atoms with Crippen molar-refractivity contribution in [3.63, 3.8) is 0 Å². The molecule has 0 aliphatic carbocycles. The zero-order valence-corrected chi connectivity index (χ0v) is 10.2. The molecule has 0 heterocycles. The number of hydrogen-bond donors (Lipinski definition) is 0.